The summed E-state index contributed by atoms with van der Waals surface area (Å²) >= 11 is 0. The number of hydrogen-bond donors (Lipinski definition) is 2. The number of aromatic nitrogens is 1. The fourth-order valence-electron chi connectivity index (χ4n) is 2.51. The van der Waals surface area contributed by atoms with Crippen molar-refractivity contribution in [3.63, 3.8) is 0 Å². The van der Waals surface area contributed by atoms with Gasteiger partial charge in [0.1, 0.15) is 11.9 Å². The van der Waals surface area contributed by atoms with Crippen molar-refractivity contribution in [1.29, 1.82) is 0 Å². The maximum absolute atomic E-state index is 12.0. The second kappa shape index (κ2) is 8.31. The van der Waals surface area contributed by atoms with Gasteiger partial charge in [0, 0.05) is 12.5 Å². The first kappa shape index (κ1) is 17.7. The largest absolute Gasteiger partial charge is 0.441 e. The molecule has 3 rings (SSSR count). The van der Waals surface area contributed by atoms with E-state index in [0.29, 0.717) is 18.0 Å². The minimum Gasteiger partial charge on any atom is -0.441 e. The average molecular weight is 352 g/mol. The molecule has 0 aliphatic carbocycles. The standard InChI is InChI=1S/C20H20N2O4/c1-14(17-5-3-2-4-6-17)25-20(24)21-19-12-18(26-22-19)11-15-7-9-16(13-23)10-8-15/h2-10,12,14,23H,11,13H2,1H3,(H,21,22,24)/t14-/m1/s1. The molecule has 1 aromatic heterocycles. The lowest BCUT2D eigenvalue weighted by atomic mass is 10.1. The monoisotopic (exact) mass is 352 g/mol. The van der Waals surface area contributed by atoms with Crippen LogP contribution in [0.25, 0.3) is 0 Å². The number of rotatable bonds is 6. The number of carbonyl (C=O) groups is 1. The Morgan fingerprint density at radius 3 is 2.54 bits per heavy atom. The molecule has 0 spiro atoms. The summed E-state index contributed by atoms with van der Waals surface area (Å²) in [6, 6.07) is 18.7. The smallest absolute Gasteiger partial charge is 0.413 e. The summed E-state index contributed by atoms with van der Waals surface area (Å²) in [5, 5.41) is 15.5. The van der Waals surface area contributed by atoms with Crippen molar-refractivity contribution in [3.8, 4) is 0 Å². The van der Waals surface area contributed by atoms with Crippen LogP contribution >= 0.6 is 0 Å². The van der Waals surface area contributed by atoms with E-state index in [0.717, 1.165) is 16.7 Å². The van der Waals surface area contributed by atoms with Gasteiger partial charge in [-0.1, -0.05) is 59.8 Å². The molecule has 0 saturated heterocycles. The van der Waals surface area contributed by atoms with Gasteiger partial charge in [-0.05, 0) is 23.6 Å². The number of amides is 1. The van der Waals surface area contributed by atoms with Crippen molar-refractivity contribution in [2.45, 2.75) is 26.1 Å². The average Bonchev–Trinajstić information content (AvgIpc) is 3.09. The Bertz CT molecular complexity index is 844. The number of carbonyl (C=O) groups excluding carboxylic acids is 1. The lowest BCUT2D eigenvalue weighted by Crippen LogP contribution is -2.16. The van der Waals surface area contributed by atoms with Crippen molar-refractivity contribution in [2.24, 2.45) is 0 Å². The van der Waals surface area contributed by atoms with Gasteiger partial charge in [0.25, 0.3) is 0 Å². The molecule has 0 fully saturated rings. The molecule has 0 aliphatic rings. The maximum atomic E-state index is 12.0. The molecule has 0 bridgehead atoms. The number of anilines is 1. The highest BCUT2D eigenvalue weighted by atomic mass is 16.6. The fourth-order valence-corrected chi connectivity index (χ4v) is 2.51. The van der Waals surface area contributed by atoms with E-state index in [4.69, 9.17) is 14.4 Å². The molecular formula is C20H20N2O4. The van der Waals surface area contributed by atoms with Crippen LogP contribution in [0.5, 0.6) is 0 Å². The minimum atomic E-state index is -0.589. The van der Waals surface area contributed by atoms with Crippen LogP contribution < -0.4 is 5.32 Å². The molecule has 1 heterocycles. The molecule has 0 aliphatic heterocycles. The van der Waals surface area contributed by atoms with Gasteiger partial charge in [-0.2, -0.15) is 0 Å². The minimum absolute atomic E-state index is 0.0141. The number of benzene rings is 2. The molecule has 0 unspecified atom stereocenters. The van der Waals surface area contributed by atoms with Crippen LogP contribution in [-0.4, -0.2) is 16.4 Å². The van der Waals surface area contributed by atoms with E-state index in [9.17, 15) is 4.79 Å². The summed E-state index contributed by atoms with van der Waals surface area (Å²) in [6.07, 6.45) is -0.420. The Balaban J connectivity index is 1.55. The van der Waals surface area contributed by atoms with Crippen molar-refractivity contribution >= 4 is 11.9 Å². The molecular weight excluding hydrogens is 332 g/mol. The molecule has 2 N–H and O–H groups in total. The summed E-state index contributed by atoms with van der Waals surface area (Å²) < 4.78 is 10.6. The molecule has 6 heteroatoms. The Labute approximate surface area is 151 Å². The van der Waals surface area contributed by atoms with Gasteiger partial charge in [-0.15, -0.1) is 0 Å². The predicted molar refractivity (Wildman–Crippen MR) is 96.6 cm³/mol. The quantitative estimate of drug-likeness (QED) is 0.699. The number of aliphatic hydroxyl groups is 1. The predicted octanol–water partition coefficient (Wildman–Crippen LogP) is 4.07. The first-order valence-electron chi connectivity index (χ1n) is 8.31. The van der Waals surface area contributed by atoms with Crippen molar-refractivity contribution in [3.05, 3.63) is 83.1 Å². The molecule has 2 aromatic carbocycles. The molecule has 0 radical (unpaired) electrons. The molecule has 3 aromatic rings. The molecule has 6 nitrogen and oxygen atoms in total. The van der Waals surface area contributed by atoms with Crippen LogP contribution in [0, 0.1) is 0 Å². The van der Waals surface area contributed by atoms with Gasteiger partial charge in [0.15, 0.2) is 5.82 Å². The van der Waals surface area contributed by atoms with E-state index in [2.05, 4.69) is 10.5 Å². The van der Waals surface area contributed by atoms with E-state index in [1.807, 2.05) is 54.6 Å². The third kappa shape index (κ3) is 4.70. The van der Waals surface area contributed by atoms with Crippen LogP contribution in [0.1, 0.15) is 35.5 Å². The number of ether oxygens (including phenoxy) is 1. The van der Waals surface area contributed by atoms with Gasteiger partial charge in [0.05, 0.1) is 6.61 Å². The Morgan fingerprint density at radius 2 is 1.85 bits per heavy atom. The molecule has 1 atom stereocenters. The van der Waals surface area contributed by atoms with E-state index in [-0.39, 0.29) is 12.7 Å². The van der Waals surface area contributed by atoms with Crippen molar-refractivity contribution in [1.82, 2.24) is 5.16 Å². The fraction of sp³-hybridized carbons (Fsp3) is 0.200. The lowest BCUT2D eigenvalue weighted by molar-refractivity contribution is 0.121. The van der Waals surface area contributed by atoms with Gasteiger partial charge < -0.3 is 14.4 Å². The number of hydrogen-bond acceptors (Lipinski definition) is 5. The number of nitrogens with one attached hydrogen (secondary N) is 1. The summed E-state index contributed by atoms with van der Waals surface area (Å²) in [4.78, 5) is 12.0. The van der Waals surface area contributed by atoms with E-state index >= 15 is 0 Å². The van der Waals surface area contributed by atoms with Gasteiger partial charge in [-0.3, -0.25) is 5.32 Å². The van der Waals surface area contributed by atoms with Crippen LogP contribution in [0.3, 0.4) is 0 Å². The lowest BCUT2D eigenvalue weighted by Gasteiger charge is -2.13. The van der Waals surface area contributed by atoms with Crippen LogP contribution in [-0.2, 0) is 17.8 Å². The SMILES string of the molecule is C[C@@H](OC(=O)Nc1cc(Cc2ccc(CO)cc2)on1)c1ccccc1. The second-order valence-electron chi connectivity index (χ2n) is 5.91. The van der Waals surface area contributed by atoms with Crippen LogP contribution in [0.2, 0.25) is 0 Å². The van der Waals surface area contributed by atoms with E-state index in [1.165, 1.54) is 0 Å². The van der Waals surface area contributed by atoms with Gasteiger partial charge in [0.2, 0.25) is 0 Å². The van der Waals surface area contributed by atoms with E-state index in [1.54, 1.807) is 13.0 Å². The molecule has 0 saturated carbocycles. The zero-order valence-corrected chi connectivity index (χ0v) is 14.4. The van der Waals surface area contributed by atoms with E-state index < -0.39 is 6.09 Å². The topological polar surface area (TPSA) is 84.6 Å². The van der Waals surface area contributed by atoms with Gasteiger partial charge in [-0.25, -0.2) is 4.79 Å². The Morgan fingerprint density at radius 1 is 1.15 bits per heavy atom. The molecule has 1 amide bonds. The zero-order valence-electron chi connectivity index (χ0n) is 14.4. The first-order valence-corrected chi connectivity index (χ1v) is 8.31. The number of nitrogens with zero attached hydrogens (tertiary/aromatic N) is 1. The van der Waals surface area contributed by atoms with Crippen molar-refractivity contribution < 1.29 is 19.2 Å². The second-order valence-corrected chi connectivity index (χ2v) is 5.91. The highest BCUT2D eigenvalue weighted by molar-refractivity contribution is 5.83. The number of aliphatic hydroxyl groups excluding tert-OH is 1. The summed E-state index contributed by atoms with van der Waals surface area (Å²) in [7, 11) is 0. The van der Waals surface area contributed by atoms with Crippen LogP contribution in [0.4, 0.5) is 10.6 Å². The van der Waals surface area contributed by atoms with Crippen LogP contribution in [0.15, 0.2) is 65.2 Å². The molecule has 134 valence electrons. The highest BCUT2D eigenvalue weighted by Crippen LogP contribution is 2.18. The van der Waals surface area contributed by atoms with Crippen molar-refractivity contribution in [2.75, 3.05) is 5.32 Å². The highest BCUT2D eigenvalue weighted by Gasteiger charge is 2.14. The first-order chi connectivity index (χ1) is 12.6. The summed E-state index contributed by atoms with van der Waals surface area (Å²) in [6.45, 7) is 1.82. The third-order valence-electron chi connectivity index (χ3n) is 3.93. The summed E-state index contributed by atoms with van der Waals surface area (Å²) in [5.74, 6) is 0.922. The molecule has 26 heavy (non-hydrogen) atoms. The zero-order chi connectivity index (χ0) is 18.4. The Hall–Kier alpha value is -3.12. The Kier molecular flexibility index (Phi) is 5.66. The summed E-state index contributed by atoms with van der Waals surface area (Å²) in [5.41, 5.74) is 2.78. The van der Waals surface area contributed by atoms with Gasteiger partial charge >= 0.3 is 6.09 Å². The maximum Gasteiger partial charge on any atom is 0.413 e. The third-order valence-corrected chi connectivity index (χ3v) is 3.93. The normalized spacial score (nSPS) is 11.8.